The van der Waals surface area contributed by atoms with Gasteiger partial charge >= 0.3 is 0 Å². The van der Waals surface area contributed by atoms with E-state index < -0.39 is 0 Å². The first-order valence-corrected chi connectivity index (χ1v) is 4.64. The van der Waals surface area contributed by atoms with Crippen molar-refractivity contribution in [3.05, 3.63) is 29.3 Å². The Morgan fingerprint density at radius 3 is 2.86 bits per heavy atom. The Morgan fingerprint density at radius 2 is 2.14 bits per heavy atom. The second-order valence-electron chi connectivity index (χ2n) is 3.59. The van der Waals surface area contributed by atoms with Crippen molar-refractivity contribution in [2.24, 2.45) is 0 Å². The van der Waals surface area contributed by atoms with E-state index in [0.29, 0.717) is 0 Å². The zero-order chi connectivity index (χ0) is 9.26. The molecule has 14 heavy (non-hydrogen) atoms. The molecule has 2 rings (SSSR count). The zero-order valence-electron chi connectivity index (χ0n) is 8.62. The minimum Gasteiger partial charge on any atom is -0.496 e. The van der Waals surface area contributed by atoms with Crippen LogP contribution in [0.1, 0.15) is 11.1 Å². The highest BCUT2D eigenvalue weighted by Crippen LogP contribution is 2.26. The van der Waals surface area contributed by atoms with E-state index in [4.69, 9.17) is 4.74 Å². The standard InChI is InChI=1S/C11H15NO.ClH/c1-12-7-6-9-4-3-5-11(13-2)10(9)8-12;/h3-5H,6-8H2,1-2H3;1H. The number of ether oxygens (including phenoxy) is 1. The Kier molecular flexibility index (Phi) is 3.78. The van der Waals surface area contributed by atoms with Crippen molar-refractivity contribution < 1.29 is 4.74 Å². The fourth-order valence-electron chi connectivity index (χ4n) is 1.88. The molecule has 0 spiro atoms. The molecule has 1 heterocycles. The van der Waals surface area contributed by atoms with Crippen molar-refractivity contribution in [3.63, 3.8) is 0 Å². The molecule has 0 amide bonds. The number of fused-ring (bicyclic) bond motifs is 1. The van der Waals surface area contributed by atoms with Gasteiger partial charge in [-0.15, -0.1) is 12.4 Å². The Labute approximate surface area is 91.3 Å². The summed E-state index contributed by atoms with van der Waals surface area (Å²) < 4.78 is 5.33. The Hall–Kier alpha value is -0.730. The number of hydrogen-bond acceptors (Lipinski definition) is 2. The molecule has 78 valence electrons. The van der Waals surface area contributed by atoms with Gasteiger partial charge in [0.05, 0.1) is 7.11 Å². The maximum atomic E-state index is 5.33. The van der Waals surface area contributed by atoms with Gasteiger partial charge in [0.25, 0.3) is 0 Å². The number of benzene rings is 1. The van der Waals surface area contributed by atoms with Crippen LogP contribution in [0.4, 0.5) is 0 Å². The van der Waals surface area contributed by atoms with Crippen LogP contribution in [0.25, 0.3) is 0 Å². The topological polar surface area (TPSA) is 12.5 Å². The van der Waals surface area contributed by atoms with Gasteiger partial charge in [0.15, 0.2) is 0 Å². The molecule has 1 aliphatic rings. The van der Waals surface area contributed by atoms with E-state index >= 15 is 0 Å². The summed E-state index contributed by atoms with van der Waals surface area (Å²) in [5, 5.41) is 0. The molecule has 1 aliphatic heterocycles. The molecule has 1 aromatic carbocycles. The van der Waals surface area contributed by atoms with Gasteiger partial charge in [0.2, 0.25) is 0 Å². The molecule has 1 aromatic rings. The van der Waals surface area contributed by atoms with Gasteiger partial charge in [-0.3, -0.25) is 0 Å². The van der Waals surface area contributed by atoms with Gasteiger partial charge in [0.1, 0.15) is 5.75 Å². The molecule has 0 saturated heterocycles. The lowest BCUT2D eigenvalue weighted by Crippen LogP contribution is -2.26. The smallest absolute Gasteiger partial charge is 0.123 e. The minimum absolute atomic E-state index is 0. The maximum Gasteiger partial charge on any atom is 0.123 e. The monoisotopic (exact) mass is 213 g/mol. The van der Waals surface area contributed by atoms with E-state index in [9.17, 15) is 0 Å². The van der Waals surface area contributed by atoms with Crippen LogP contribution in [0.2, 0.25) is 0 Å². The number of likely N-dealkylation sites (N-methyl/N-ethyl adjacent to an activating group) is 1. The molecule has 0 atom stereocenters. The van der Waals surface area contributed by atoms with Crippen LogP contribution in [0.15, 0.2) is 18.2 Å². The van der Waals surface area contributed by atoms with Crippen molar-refractivity contribution in [1.29, 1.82) is 0 Å². The average Bonchev–Trinajstić information content (AvgIpc) is 2.17. The van der Waals surface area contributed by atoms with E-state index in [1.165, 1.54) is 11.1 Å². The predicted octanol–water partition coefficient (Wildman–Crippen LogP) is 2.10. The molecule has 0 bridgehead atoms. The van der Waals surface area contributed by atoms with Crippen LogP contribution in [0.3, 0.4) is 0 Å². The van der Waals surface area contributed by atoms with Gasteiger partial charge in [-0.1, -0.05) is 12.1 Å². The average molecular weight is 214 g/mol. The minimum atomic E-state index is 0. The van der Waals surface area contributed by atoms with Crippen molar-refractivity contribution >= 4 is 12.4 Å². The molecule has 0 saturated carbocycles. The Bertz CT molecular complexity index is 300. The molecular weight excluding hydrogens is 198 g/mol. The first-order valence-electron chi connectivity index (χ1n) is 4.64. The van der Waals surface area contributed by atoms with E-state index in [1.54, 1.807) is 7.11 Å². The molecule has 0 unspecified atom stereocenters. The number of methoxy groups -OCH3 is 1. The molecule has 0 aliphatic carbocycles. The lowest BCUT2D eigenvalue weighted by molar-refractivity contribution is 0.302. The summed E-state index contributed by atoms with van der Waals surface area (Å²) in [4.78, 5) is 2.32. The number of rotatable bonds is 1. The highest BCUT2D eigenvalue weighted by atomic mass is 35.5. The summed E-state index contributed by atoms with van der Waals surface area (Å²) in [6.45, 7) is 2.17. The van der Waals surface area contributed by atoms with Crippen LogP contribution in [0, 0.1) is 0 Å². The van der Waals surface area contributed by atoms with Crippen molar-refractivity contribution in [3.8, 4) is 5.75 Å². The van der Waals surface area contributed by atoms with Crippen molar-refractivity contribution in [2.45, 2.75) is 13.0 Å². The molecule has 0 radical (unpaired) electrons. The van der Waals surface area contributed by atoms with Crippen LogP contribution in [-0.2, 0) is 13.0 Å². The van der Waals surface area contributed by atoms with Crippen molar-refractivity contribution in [1.82, 2.24) is 4.90 Å². The maximum absolute atomic E-state index is 5.33. The van der Waals surface area contributed by atoms with Crippen LogP contribution < -0.4 is 4.74 Å². The van der Waals surface area contributed by atoms with E-state index in [0.717, 1.165) is 25.3 Å². The Balaban J connectivity index is 0.000000980. The van der Waals surface area contributed by atoms with Gasteiger partial charge < -0.3 is 9.64 Å². The summed E-state index contributed by atoms with van der Waals surface area (Å²) in [6.07, 6.45) is 1.14. The van der Waals surface area contributed by atoms with E-state index in [2.05, 4.69) is 24.1 Å². The second-order valence-corrected chi connectivity index (χ2v) is 3.59. The molecule has 0 fully saturated rings. The second kappa shape index (κ2) is 4.67. The summed E-state index contributed by atoms with van der Waals surface area (Å²) in [5.74, 6) is 1.03. The van der Waals surface area contributed by atoms with Gasteiger partial charge in [-0.25, -0.2) is 0 Å². The lowest BCUT2D eigenvalue weighted by Gasteiger charge is -2.26. The largest absolute Gasteiger partial charge is 0.496 e. The SMILES string of the molecule is COc1cccc2c1CN(C)CC2.Cl. The van der Waals surface area contributed by atoms with Gasteiger partial charge in [0, 0.05) is 18.7 Å². The van der Waals surface area contributed by atoms with Crippen LogP contribution >= 0.6 is 12.4 Å². The van der Waals surface area contributed by atoms with Gasteiger partial charge in [-0.2, -0.15) is 0 Å². The predicted molar refractivity (Wildman–Crippen MR) is 60.3 cm³/mol. The summed E-state index contributed by atoms with van der Waals surface area (Å²) in [6, 6.07) is 6.31. The molecule has 3 heteroatoms. The number of halogens is 1. The third-order valence-electron chi connectivity index (χ3n) is 2.64. The lowest BCUT2D eigenvalue weighted by atomic mass is 9.99. The number of nitrogens with zero attached hydrogens (tertiary/aromatic N) is 1. The third-order valence-corrected chi connectivity index (χ3v) is 2.64. The number of hydrogen-bond donors (Lipinski definition) is 0. The molecule has 0 aromatic heterocycles. The molecule has 0 N–H and O–H groups in total. The third kappa shape index (κ3) is 2.02. The first kappa shape index (κ1) is 11.3. The summed E-state index contributed by atoms with van der Waals surface area (Å²) >= 11 is 0. The first-order chi connectivity index (χ1) is 6.31. The summed E-state index contributed by atoms with van der Waals surface area (Å²) in [5.41, 5.74) is 2.80. The van der Waals surface area contributed by atoms with Crippen LogP contribution in [-0.4, -0.2) is 25.6 Å². The van der Waals surface area contributed by atoms with Crippen LogP contribution in [0.5, 0.6) is 5.75 Å². The fraction of sp³-hybridized carbons (Fsp3) is 0.455. The fourth-order valence-corrected chi connectivity index (χ4v) is 1.88. The summed E-state index contributed by atoms with van der Waals surface area (Å²) in [7, 11) is 3.89. The molecular formula is C11H16ClNO. The molecule has 2 nitrogen and oxygen atoms in total. The quantitative estimate of drug-likeness (QED) is 0.709. The van der Waals surface area contributed by atoms with Gasteiger partial charge in [-0.05, 0) is 25.1 Å². The van der Waals surface area contributed by atoms with Crippen molar-refractivity contribution in [2.75, 3.05) is 20.7 Å². The highest BCUT2D eigenvalue weighted by Gasteiger charge is 2.15. The normalized spacial score (nSPS) is 15.6. The Morgan fingerprint density at radius 1 is 1.36 bits per heavy atom. The zero-order valence-corrected chi connectivity index (χ0v) is 9.43. The van der Waals surface area contributed by atoms with E-state index in [1.807, 2.05) is 6.07 Å². The van der Waals surface area contributed by atoms with E-state index in [-0.39, 0.29) is 12.4 Å². The highest BCUT2D eigenvalue weighted by molar-refractivity contribution is 5.85.